The van der Waals surface area contributed by atoms with Gasteiger partial charge in [0, 0.05) is 31.5 Å². The predicted octanol–water partition coefficient (Wildman–Crippen LogP) is 2.61. The van der Waals surface area contributed by atoms with E-state index in [1.54, 1.807) is 0 Å². The van der Waals surface area contributed by atoms with Gasteiger partial charge in [-0.05, 0) is 76.7 Å². The van der Waals surface area contributed by atoms with Crippen LogP contribution in [0.5, 0.6) is 0 Å². The topological polar surface area (TPSA) is 52.6 Å². The minimum absolute atomic E-state index is 0.876. The molecule has 1 aliphatic heterocycles. The fourth-order valence-electron chi connectivity index (χ4n) is 3.08. The number of pyridine rings is 1. The molecular formula is C20H35N5. The van der Waals surface area contributed by atoms with Crippen molar-refractivity contribution >= 4 is 5.96 Å². The average Bonchev–Trinajstić information content (AvgIpc) is 2.62. The summed E-state index contributed by atoms with van der Waals surface area (Å²) in [7, 11) is 0. The Morgan fingerprint density at radius 3 is 2.76 bits per heavy atom. The maximum atomic E-state index is 4.71. The summed E-state index contributed by atoms with van der Waals surface area (Å²) in [6, 6.07) is 4.21. The number of hydrogen-bond acceptors (Lipinski definition) is 3. The van der Waals surface area contributed by atoms with E-state index in [1.807, 2.05) is 13.1 Å². The van der Waals surface area contributed by atoms with Crippen molar-refractivity contribution in [3.63, 3.8) is 0 Å². The van der Waals surface area contributed by atoms with Crippen LogP contribution in [0.1, 0.15) is 44.4 Å². The molecule has 0 aromatic carbocycles. The average molecular weight is 346 g/mol. The van der Waals surface area contributed by atoms with Crippen LogP contribution < -0.4 is 10.6 Å². The van der Waals surface area contributed by atoms with Crippen molar-refractivity contribution in [3.05, 3.63) is 29.6 Å². The van der Waals surface area contributed by atoms with Crippen molar-refractivity contribution in [1.29, 1.82) is 0 Å². The van der Waals surface area contributed by atoms with E-state index in [9.17, 15) is 0 Å². The highest BCUT2D eigenvalue weighted by Gasteiger charge is 2.14. The third kappa shape index (κ3) is 7.86. The van der Waals surface area contributed by atoms with Crippen LogP contribution in [0.25, 0.3) is 0 Å². The lowest BCUT2D eigenvalue weighted by atomic mass is 9.99. The zero-order valence-corrected chi connectivity index (χ0v) is 16.2. The molecule has 0 radical (unpaired) electrons. The standard InChI is InChI=1S/C20H35N5/c1-4-21-20(23-12-8-19-7-6-18(3)24-16-19)22-11-5-13-25-14-9-17(2)10-15-25/h6-7,16-17H,4-5,8-15H2,1-3H3,(H2,21,22,23). The molecule has 25 heavy (non-hydrogen) atoms. The Morgan fingerprint density at radius 1 is 1.28 bits per heavy atom. The molecule has 0 saturated carbocycles. The van der Waals surface area contributed by atoms with Crippen molar-refractivity contribution in [2.75, 3.05) is 39.3 Å². The number of nitrogens with zero attached hydrogens (tertiary/aromatic N) is 3. The quantitative estimate of drug-likeness (QED) is 0.432. The van der Waals surface area contributed by atoms with Gasteiger partial charge in [0.2, 0.25) is 0 Å². The highest BCUT2D eigenvalue weighted by atomic mass is 15.2. The Balaban J connectivity index is 1.66. The fourth-order valence-corrected chi connectivity index (χ4v) is 3.08. The molecule has 1 aliphatic rings. The Morgan fingerprint density at radius 2 is 2.08 bits per heavy atom. The summed E-state index contributed by atoms with van der Waals surface area (Å²) in [6.45, 7) is 12.8. The monoisotopic (exact) mass is 345 g/mol. The van der Waals surface area contributed by atoms with Crippen LogP contribution in [-0.2, 0) is 6.42 Å². The summed E-state index contributed by atoms with van der Waals surface area (Å²) >= 11 is 0. The molecule has 1 saturated heterocycles. The van der Waals surface area contributed by atoms with Crippen LogP contribution in [0.3, 0.4) is 0 Å². The summed E-state index contributed by atoms with van der Waals surface area (Å²) in [6.07, 6.45) is 6.75. The molecule has 2 heterocycles. The second kappa shape index (κ2) is 11.1. The van der Waals surface area contributed by atoms with Gasteiger partial charge in [0.15, 0.2) is 5.96 Å². The van der Waals surface area contributed by atoms with Gasteiger partial charge in [-0.1, -0.05) is 13.0 Å². The molecular weight excluding hydrogens is 310 g/mol. The SMILES string of the molecule is CCNC(=NCCCN1CCC(C)CC1)NCCc1ccc(C)nc1. The lowest BCUT2D eigenvalue weighted by Crippen LogP contribution is -2.38. The molecule has 1 fully saturated rings. The van der Waals surface area contributed by atoms with Gasteiger partial charge in [-0.2, -0.15) is 0 Å². The third-order valence-electron chi connectivity index (χ3n) is 4.80. The summed E-state index contributed by atoms with van der Waals surface area (Å²) in [5, 5.41) is 6.76. The van der Waals surface area contributed by atoms with E-state index in [1.165, 1.54) is 38.0 Å². The first-order valence-electron chi connectivity index (χ1n) is 9.83. The first kappa shape index (κ1) is 19.7. The van der Waals surface area contributed by atoms with Crippen LogP contribution in [0.4, 0.5) is 0 Å². The van der Waals surface area contributed by atoms with Crippen molar-refractivity contribution in [1.82, 2.24) is 20.5 Å². The van der Waals surface area contributed by atoms with Crippen LogP contribution >= 0.6 is 0 Å². The van der Waals surface area contributed by atoms with E-state index in [4.69, 9.17) is 4.99 Å². The predicted molar refractivity (Wildman–Crippen MR) is 106 cm³/mol. The zero-order valence-electron chi connectivity index (χ0n) is 16.2. The van der Waals surface area contributed by atoms with Crippen LogP contribution in [0, 0.1) is 12.8 Å². The largest absolute Gasteiger partial charge is 0.357 e. The Kier molecular flexibility index (Phi) is 8.73. The first-order chi connectivity index (χ1) is 12.2. The molecule has 0 bridgehead atoms. The maximum Gasteiger partial charge on any atom is 0.191 e. The molecule has 0 aliphatic carbocycles. The van der Waals surface area contributed by atoms with Crippen molar-refractivity contribution in [2.24, 2.45) is 10.9 Å². The highest BCUT2D eigenvalue weighted by molar-refractivity contribution is 5.79. The van der Waals surface area contributed by atoms with Gasteiger partial charge in [0.1, 0.15) is 0 Å². The number of aliphatic imine (C=N–C) groups is 1. The van der Waals surface area contributed by atoms with Gasteiger partial charge in [-0.15, -0.1) is 0 Å². The van der Waals surface area contributed by atoms with Gasteiger partial charge >= 0.3 is 0 Å². The molecule has 2 N–H and O–H groups in total. The number of piperidine rings is 1. The van der Waals surface area contributed by atoms with E-state index in [0.29, 0.717) is 0 Å². The van der Waals surface area contributed by atoms with Gasteiger partial charge < -0.3 is 15.5 Å². The lowest BCUT2D eigenvalue weighted by Gasteiger charge is -2.29. The molecule has 2 rings (SSSR count). The molecule has 0 spiro atoms. The second-order valence-corrected chi connectivity index (χ2v) is 7.12. The summed E-state index contributed by atoms with van der Waals surface area (Å²) in [5.41, 5.74) is 2.32. The first-order valence-corrected chi connectivity index (χ1v) is 9.83. The number of likely N-dealkylation sites (tertiary alicyclic amines) is 1. The van der Waals surface area contributed by atoms with E-state index < -0.39 is 0 Å². The maximum absolute atomic E-state index is 4.71. The zero-order chi connectivity index (χ0) is 17.9. The van der Waals surface area contributed by atoms with Gasteiger partial charge in [-0.3, -0.25) is 9.98 Å². The van der Waals surface area contributed by atoms with E-state index in [-0.39, 0.29) is 0 Å². The summed E-state index contributed by atoms with van der Waals surface area (Å²) in [4.78, 5) is 11.6. The van der Waals surface area contributed by atoms with Crippen LogP contribution in [0.2, 0.25) is 0 Å². The number of hydrogen-bond donors (Lipinski definition) is 2. The van der Waals surface area contributed by atoms with Crippen molar-refractivity contribution < 1.29 is 0 Å². The number of guanidine groups is 1. The molecule has 5 heteroatoms. The normalized spacial score (nSPS) is 16.8. The lowest BCUT2D eigenvalue weighted by molar-refractivity contribution is 0.192. The summed E-state index contributed by atoms with van der Waals surface area (Å²) in [5.74, 6) is 1.83. The smallest absolute Gasteiger partial charge is 0.191 e. The van der Waals surface area contributed by atoms with E-state index >= 15 is 0 Å². The number of aryl methyl sites for hydroxylation is 1. The van der Waals surface area contributed by atoms with Crippen molar-refractivity contribution in [2.45, 2.75) is 46.5 Å². The Hall–Kier alpha value is -1.62. The number of aromatic nitrogens is 1. The van der Waals surface area contributed by atoms with Gasteiger partial charge in [0.25, 0.3) is 0 Å². The molecule has 1 aromatic rings. The highest BCUT2D eigenvalue weighted by Crippen LogP contribution is 2.15. The van der Waals surface area contributed by atoms with E-state index in [0.717, 1.165) is 50.0 Å². The minimum atomic E-state index is 0.876. The third-order valence-corrected chi connectivity index (χ3v) is 4.80. The Labute approximate surface area is 153 Å². The van der Waals surface area contributed by atoms with Gasteiger partial charge in [-0.25, -0.2) is 0 Å². The second-order valence-electron chi connectivity index (χ2n) is 7.12. The molecule has 5 nitrogen and oxygen atoms in total. The Bertz CT molecular complexity index is 503. The number of nitrogens with one attached hydrogen (secondary N) is 2. The summed E-state index contributed by atoms with van der Waals surface area (Å²) < 4.78 is 0. The van der Waals surface area contributed by atoms with Crippen LogP contribution in [0.15, 0.2) is 23.3 Å². The molecule has 0 atom stereocenters. The minimum Gasteiger partial charge on any atom is -0.357 e. The van der Waals surface area contributed by atoms with Crippen LogP contribution in [-0.4, -0.2) is 55.1 Å². The molecule has 0 unspecified atom stereocenters. The van der Waals surface area contributed by atoms with Crippen molar-refractivity contribution in [3.8, 4) is 0 Å². The molecule has 140 valence electrons. The van der Waals surface area contributed by atoms with E-state index in [2.05, 4.69) is 46.5 Å². The number of rotatable bonds is 8. The molecule has 0 amide bonds. The fraction of sp³-hybridized carbons (Fsp3) is 0.700. The van der Waals surface area contributed by atoms with Gasteiger partial charge in [0.05, 0.1) is 0 Å². The molecule has 1 aromatic heterocycles.